The molecule has 128 valence electrons. The first-order valence-corrected chi connectivity index (χ1v) is 8.29. The molecule has 0 saturated carbocycles. The standard InChI is InChI=1S/C8H6ClIO2.C8H7ClO3/c2*1-4-6(8(11)12)2-5(9)3-7(4)10/h2-3H,1H3,(H,11,12);2-3,10H,1H3,(H,11,12). The second-order valence-electron chi connectivity index (χ2n) is 4.77. The van der Waals surface area contributed by atoms with Gasteiger partial charge in [0.1, 0.15) is 5.75 Å². The smallest absolute Gasteiger partial charge is 0.336 e. The van der Waals surface area contributed by atoms with Gasteiger partial charge in [-0.05, 0) is 66.3 Å². The molecule has 0 amide bonds. The van der Waals surface area contributed by atoms with Crippen molar-refractivity contribution in [3.63, 3.8) is 0 Å². The molecule has 8 heteroatoms. The molecule has 0 aliphatic rings. The van der Waals surface area contributed by atoms with Crippen LogP contribution in [0, 0.1) is 17.4 Å². The van der Waals surface area contributed by atoms with Gasteiger partial charge in [-0.3, -0.25) is 0 Å². The van der Waals surface area contributed by atoms with Crippen LogP contribution < -0.4 is 0 Å². The van der Waals surface area contributed by atoms with Crippen molar-refractivity contribution in [2.24, 2.45) is 0 Å². The summed E-state index contributed by atoms with van der Waals surface area (Å²) in [4.78, 5) is 21.2. The van der Waals surface area contributed by atoms with Crippen LogP contribution in [-0.4, -0.2) is 27.3 Å². The van der Waals surface area contributed by atoms with E-state index in [0.717, 1.165) is 9.13 Å². The molecule has 0 bridgehead atoms. The fraction of sp³-hybridized carbons (Fsp3) is 0.125. The Balaban J connectivity index is 0.000000240. The first-order chi connectivity index (χ1) is 11.0. The first-order valence-electron chi connectivity index (χ1n) is 6.46. The molecule has 0 heterocycles. The molecule has 0 atom stereocenters. The fourth-order valence-electron chi connectivity index (χ4n) is 1.75. The van der Waals surface area contributed by atoms with Crippen LogP contribution in [0.1, 0.15) is 31.8 Å². The van der Waals surface area contributed by atoms with Crippen LogP contribution >= 0.6 is 45.8 Å². The lowest BCUT2D eigenvalue weighted by Crippen LogP contribution is -2.00. The molecule has 0 aromatic heterocycles. The largest absolute Gasteiger partial charge is 0.508 e. The first kappa shape index (κ1) is 20.5. The molecule has 0 radical (unpaired) electrons. The number of benzene rings is 2. The van der Waals surface area contributed by atoms with Gasteiger partial charge in [-0.2, -0.15) is 0 Å². The van der Waals surface area contributed by atoms with Crippen LogP contribution in [0.15, 0.2) is 24.3 Å². The minimum Gasteiger partial charge on any atom is -0.508 e. The maximum Gasteiger partial charge on any atom is 0.336 e. The Kier molecular flexibility index (Phi) is 7.31. The highest BCUT2D eigenvalue weighted by Crippen LogP contribution is 2.25. The molecular formula is C16H13Cl2IO5. The molecule has 0 aliphatic carbocycles. The third kappa shape index (κ3) is 5.25. The van der Waals surface area contributed by atoms with E-state index in [1.54, 1.807) is 13.0 Å². The number of phenolic OH excluding ortho intramolecular Hbond substituents is 1. The van der Waals surface area contributed by atoms with E-state index in [1.165, 1.54) is 25.1 Å². The SMILES string of the molecule is Cc1c(I)cc(Cl)cc1C(=O)O.Cc1c(O)cc(Cl)cc1C(=O)O. The van der Waals surface area contributed by atoms with E-state index >= 15 is 0 Å². The average molecular weight is 483 g/mol. The van der Waals surface area contributed by atoms with Crippen LogP contribution in [0.3, 0.4) is 0 Å². The third-order valence-electron chi connectivity index (χ3n) is 3.11. The van der Waals surface area contributed by atoms with Gasteiger partial charge in [-0.1, -0.05) is 23.2 Å². The van der Waals surface area contributed by atoms with Crippen LogP contribution in [0.5, 0.6) is 5.75 Å². The molecule has 24 heavy (non-hydrogen) atoms. The van der Waals surface area contributed by atoms with E-state index in [0.29, 0.717) is 10.6 Å². The molecule has 0 fully saturated rings. The Bertz CT molecular complexity index is 738. The van der Waals surface area contributed by atoms with Crippen molar-refractivity contribution in [2.45, 2.75) is 13.8 Å². The Morgan fingerprint density at radius 2 is 1.29 bits per heavy atom. The van der Waals surface area contributed by atoms with Crippen LogP contribution in [0.2, 0.25) is 10.0 Å². The van der Waals surface area contributed by atoms with E-state index < -0.39 is 11.9 Å². The van der Waals surface area contributed by atoms with E-state index in [1.807, 2.05) is 0 Å². The number of carboxylic acids is 2. The number of carbonyl (C=O) groups is 2. The average Bonchev–Trinajstić information content (AvgIpc) is 2.46. The normalized spacial score (nSPS) is 9.88. The zero-order valence-corrected chi connectivity index (χ0v) is 16.3. The van der Waals surface area contributed by atoms with Gasteiger partial charge in [0.15, 0.2) is 0 Å². The van der Waals surface area contributed by atoms with Crippen molar-refractivity contribution < 1.29 is 24.9 Å². The minimum absolute atomic E-state index is 0.0278. The predicted octanol–water partition coefficient (Wildman–Crippen LogP) is 5.00. The zero-order chi connectivity index (χ0) is 18.6. The lowest BCUT2D eigenvalue weighted by atomic mass is 10.1. The van der Waals surface area contributed by atoms with Gasteiger partial charge >= 0.3 is 11.9 Å². The molecule has 2 rings (SSSR count). The van der Waals surface area contributed by atoms with E-state index in [2.05, 4.69) is 22.6 Å². The van der Waals surface area contributed by atoms with Crippen molar-refractivity contribution in [3.05, 3.63) is 60.1 Å². The van der Waals surface area contributed by atoms with E-state index in [4.69, 9.17) is 33.4 Å². The van der Waals surface area contributed by atoms with Gasteiger partial charge in [0.25, 0.3) is 0 Å². The molecule has 0 unspecified atom stereocenters. The van der Waals surface area contributed by atoms with Gasteiger partial charge < -0.3 is 15.3 Å². The highest BCUT2D eigenvalue weighted by Gasteiger charge is 2.11. The number of rotatable bonds is 2. The summed E-state index contributed by atoms with van der Waals surface area (Å²) in [5, 5.41) is 27.3. The quantitative estimate of drug-likeness (QED) is 0.523. The van der Waals surface area contributed by atoms with Gasteiger partial charge in [-0.15, -0.1) is 0 Å². The topological polar surface area (TPSA) is 94.8 Å². The summed E-state index contributed by atoms with van der Waals surface area (Å²) in [6, 6.07) is 5.81. The highest BCUT2D eigenvalue weighted by molar-refractivity contribution is 14.1. The second-order valence-corrected chi connectivity index (χ2v) is 6.80. The zero-order valence-electron chi connectivity index (χ0n) is 12.6. The molecule has 5 nitrogen and oxygen atoms in total. The molecular weight excluding hydrogens is 470 g/mol. The number of phenols is 1. The van der Waals surface area contributed by atoms with Crippen molar-refractivity contribution in [1.29, 1.82) is 0 Å². The number of aromatic hydroxyl groups is 1. The maximum absolute atomic E-state index is 10.7. The van der Waals surface area contributed by atoms with Crippen LogP contribution in [0.25, 0.3) is 0 Å². The summed E-state index contributed by atoms with van der Waals surface area (Å²) in [7, 11) is 0. The monoisotopic (exact) mass is 482 g/mol. The molecule has 3 N–H and O–H groups in total. The molecule has 0 spiro atoms. The Hall–Kier alpha value is -1.51. The maximum atomic E-state index is 10.7. The Morgan fingerprint density at radius 1 is 0.875 bits per heavy atom. The number of carboxylic acid groups (broad SMARTS) is 2. The Morgan fingerprint density at radius 3 is 1.75 bits per heavy atom. The van der Waals surface area contributed by atoms with Crippen molar-refractivity contribution >= 4 is 57.7 Å². The number of hydrogen-bond acceptors (Lipinski definition) is 3. The summed E-state index contributed by atoms with van der Waals surface area (Å²) in [5.74, 6) is -2.13. The minimum atomic E-state index is -1.09. The van der Waals surface area contributed by atoms with Crippen LogP contribution in [-0.2, 0) is 0 Å². The summed E-state index contributed by atoms with van der Waals surface area (Å²) in [6.45, 7) is 3.29. The summed E-state index contributed by atoms with van der Waals surface area (Å²) in [5.41, 5.74) is 1.38. The van der Waals surface area contributed by atoms with E-state index in [-0.39, 0.29) is 21.9 Å². The summed E-state index contributed by atoms with van der Waals surface area (Å²) >= 11 is 13.3. The molecule has 0 aliphatic heterocycles. The van der Waals surface area contributed by atoms with Crippen molar-refractivity contribution in [2.75, 3.05) is 0 Å². The summed E-state index contributed by atoms with van der Waals surface area (Å²) in [6.07, 6.45) is 0. The van der Waals surface area contributed by atoms with E-state index in [9.17, 15) is 14.7 Å². The number of aromatic carboxylic acids is 2. The third-order valence-corrected chi connectivity index (χ3v) is 4.67. The van der Waals surface area contributed by atoms with Gasteiger partial charge in [0, 0.05) is 19.2 Å². The molecule has 2 aromatic carbocycles. The fourth-order valence-corrected chi connectivity index (χ4v) is 3.00. The van der Waals surface area contributed by atoms with Crippen molar-refractivity contribution in [1.82, 2.24) is 0 Å². The summed E-state index contributed by atoms with van der Waals surface area (Å²) < 4.78 is 0.873. The Labute approximate surface area is 162 Å². The van der Waals surface area contributed by atoms with Gasteiger partial charge in [-0.25, -0.2) is 9.59 Å². The predicted molar refractivity (Wildman–Crippen MR) is 101 cm³/mol. The van der Waals surface area contributed by atoms with Crippen molar-refractivity contribution in [3.8, 4) is 5.75 Å². The molecule has 2 aromatic rings. The highest BCUT2D eigenvalue weighted by atomic mass is 127. The van der Waals surface area contributed by atoms with Gasteiger partial charge in [0.05, 0.1) is 11.1 Å². The second kappa shape index (κ2) is 8.55. The van der Waals surface area contributed by atoms with Gasteiger partial charge in [0.2, 0.25) is 0 Å². The lowest BCUT2D eigenvalue weighted by Gasteiger charge is -2.03. The number of hydrogen-bond donors (Lipinski definition) is 3. The molecule has 0 saturated heterocycles. The number of halogens is 3. The van der Waals surface area contributed by atoms with Crippen LogP contribution in [0.4, 0.5) is 0 Å². The lowest BCUT2D eigenvalue weighted by molar-refractivity contribution is 0.0685.